The van der Waals surface area contributed by atoms with E-state index in [0.29, 0.717) is 35.4 Å². The van der Waals surface area contributed by atoms with Gasteiger partial charge < -0.3 is 9.42 Å². The highest BCUT2D eigenvalue weighted by Crippen LogP contribution is 2.28. The predicted octanol–water partition coefficient (Wildman–Crippen LogP) is 4.20. The molecular weight excluding hydrogens is 400 g/mol. The van der Waals surface area contributed by atoms with Gasteiger partial charge in [0.1, 0.15) is 0 Å². The third-order valence-corrected chi connectivity index (χ3v) is 6.14. The Morgan fingerprint density at radius 1 is 0.969 bits per heavy atom. The molecule has 1 amide bonds. The molecule has 0 radical (unpaired) electrons. The number of hydrogen-bond acceptors (Lipinski definition) is 5. The van der Waals surface area contributed by atoms with E-state index in [0.717, 1.165) is 37.3 Å². The molecule has 162 valence electrons. The van der Waals surface area contributed by atoms with Crippen LogP contribution in [0, 0.1) is 6.92 Å². The Balaban J connectivity index is 1.33. The van der Waals surface area contributed by atoms with Crippen LogP contribution in [0.1, 0.15) is 21.6 Å². The van der Waals surface area contributed by atoms with Crippen LogP contribution in [0.2, 0.25) is 0 Å². The van der Waals surface area contributed by atoms with Gasteiger partial charge in [0, 0.05) is 38.3 Å². The summed E-state index contributed by atoms with van der Waals surface area (Å²) in [6.45, 7) is 6.04. The molecule has 0 aliphatic carbocycles. The largest absolute Gasteiger partial charge is 0.336 e. The van der Waals surface area contributed by atoms with Gasteiger partial charge in [-0.05, 0) is 25.0 Å². The van der Waals surface area contributed by atoms with Crippen LogP contribution in [0.5, 0.6) is 0 Å². The molecule has 1 saturated heterocycles. The molecule has 6 nitrogen and oxygen atoms in total. The Hall–Kier alpha value is -3.51. The molecule has 2 aromatic heterocycles. The van der Waals surface area contributed by atoms with Crippen molar-refractivity contribution in [3.8, 4) is 11.3 Å². The van der Waals surface area contributed by atoms with Gasteiger partial charge in [-0.25, -0.2) is 4.98 Å². The van der Waals surface area contributed by atoms with Crippen LogP contribution >= 0.6 is 0 Å². The van der Waals surface area contributed by atoms with Crippen molar-refractivity contribution < 1.29 is 9.32 Å². The van der Waals surface area contributed by atoms with Crippen molar-refractivity contribution in [2.75, 3.05) is 32.7 Å². The molecule has 0 saturated carbocycles. The molecule has 2 aromatic carbocycles. The number of amides is 1. The normalized spacial score (nSPS) is 14.7. The van der Waals surface area contributed by atoms with Gasteiger partial charge in [0.2, 0.25) is 0 Å². The fourth-order valence-electron chi connectivity index (χ4n) is 4.30. The molecule has 1 fully saturated rings. The van der Waals surface area contributed by atoms with Gasteiger partial charge in [-0.1, -0.05) is 65.8 Å². The smallest absolute Gasteiger partial charge is 0.259 e. The fraction of sp³-hybridized carbons (Fsp3) is 0.269. The summed E-state index contributed by atoms with van der Waals surface area (Å²) in [6, 6.07) is 22.3. The lowest BCUT2D eigenvalue weighted by molar-refractivity contribution is 0.0640. The van der Waals surface area contributed by atoms with E-state index in [1.165, 1.54) is 5.56 Å². The molecule has 0 unspecified atom stereocenters. The second-order valence-corrected chi connectivity index (χ2v) is 8.24. The van der Waals surface area contributed by atoms with Gasteiger partial charge in [-0.15, -0.1) is 0 Å². The van der Waals surface area contributed by atoms with Gasteiger partial charge in [-0.2, -0.15) is 0 Å². The minimum absolute atomic E-state index is 0.0172. The zero-order valence-electron chi connectivity index (χ0n) is 18.2. The van der Waals surface area contributed by atoms with Crippen molar-refractivity contribution in [3.05, 3.63) is 83.6 Å². The van der Waals surface area contributed by atoms with Gasteiger partial charge in [-0.3, -0.25) is 9.69 Å². The first-order valence-corrected chi connectivity index (χ1v) is 11.1. The number of piperazine rings is 1. The van der Waals surface area contributed by atoms with Gasteiger partial charge >= 0.3 is 0 Å². The van der Waals surface area contributed by atoms with E-state index in [1.807, 2.05) is 54.3 Å². The predicted molar refractivity (Wildman–Crippen MR) is 124 cm³/mol. The third-order valence-electron chi connectivity index (χ3n) is 6.14. The third kappa shape index (κ3) is 4.14. The van der Waals surface area contributed by atoms with E-state index in [-0.39, 0.29) is 5.91 Å². The Morgan fingerprint density at radius 3 is 2.38 bits per heavy atom. The molecule has 32 heavy (non-hydrogen) atoms. The Kier molecular flexibility index (Phi) is 5.69. The number of aromatic nitrogens is 2. The Morgan fingerprint density at radius 2 is 1.66 bits per heavy atom. The summed E-state index contributed by atoms with van der Waals surface area (Å²) in [5, 5.41) is 4.78. The zero-order chi connectivity index (χ0) is 21.9. The van der Waals surface area contributed by atoms with Crippen LogP contribution in [0.25, 0.3) is 22.4 Å². The molecule has 5 rings (SSSR count). The maximum absolute atomic E-state index is 13.5. The summed E-state index contributed by atoms with van der Waals surface area (Å²) in [7, 11) is 0. The van der Waals surface area contributed by atoms with Crippen LogP contribution < -0.4 is 0 Å². The highest BCUT2D eigenvalue weighted by atomic mass is 16.5. The summed E-state index contributed by atoms with van der Waals surface area (Å²) >= 11 is 0. The van der Waals surface area contributed by atoms with E-state index < -0.39 is 0 Å². The summed E-state index contributed by atoms with van der Waals surface area (Å²) in [6.07, 6.45) is 1.03. The molecule has 0 atom stereocenters. The van der Waals surface area contributed by atoms with Crippen molar-refractivity contribution >= 4 is 17.0 Å². The van der Waals surface area contributed by atoms with Crippen LogP contribution in [0.15, 0.2) is 71.3 Å². The summed E-state index contributed by atoms with van der Waals surface area (Å²) in [5.74, 6) is 0.0172. The Labute approximate surface area is 187 Å². The second-order valence-electron chi connectivity index (χ2n) is 8.24. The number of pyridine rings is 1. The van der Waals surface area contributed by atoms with Gasteiger partial charge in [0.25, 0.3) is 11.6 Å². The summed E-state index contributed by atoms with van der Waals surface area (Å²) in [5.41, 5.74) is 4.74. The summed E-state index contributed by atoms with van der Waals surface area (Å²) < 4.78 is 5.44. The molecule has 0 N–H and O–H groups in total. The second kappa shape index (κ2) is 8.93. The SMILES string of the molecule is Cc1noc2nc(-c3ccccc3)cc(C(=O)N3CCN(CCc4ccccc4)CC3)c12. The first kappa shape index (κ1) is 20.4. The zero-order valence-corrected chi connectivity index (χ0v) is 18.2. The monoisotopic (exact) mass is 426 g/mol. The number of carbonyl (C=O) groups is 1. The highest BCUT2D eigenvalue weighted by Gasteiger charge is 2.26. The van der Waals surface area contributed by atoms with Crippen molar-refractivity contribution in [1.29, 1.82) is 0 Å². The van der Waals surface area contributed by atoms with Crippen LogP contribution in [0.3, 0.4) is 0 Å². The average Bonchev–Trinajstić information content (AvgIpc) is 3.24. The molecule has 1 aliphatic rings. The van der Waals surface area contributed by atoms with E-state index in [1.54, 1.807) is 0 Å². The molecular formula is C26H26N4O2. The first-order chi connectivity index (χ1) is 15.7. The standard InChI is InChI=1S/C26H26N4O2/c1-19-24-22(18-23(27-25(24)32-28-19)21-10-6-3-7-11-21)26(31)30-16-14-29(15-17-30)13-12-20-8-4-2-5-9-20/h2-11,18H,12-17H2,1H3. The van der Waals surface area contributed by atoms with Crippen molar-refractivity contribution in [2.45, 2.75) is 13.3 Å². The number of aryl methyl sites for hydroxylation is 1. The highest BCUT2D eigenvalue weighted by molar-refractivity contribution is 6.07. The lowest BCUT2D eigenvalue weighted by Gasteiger charge is -2.35. The number of hydrogen-bond donors (Lipinski definition) is 0. The number of carbonyl (C=O) groups excluding carboxylic acids is 1. The quantitative estimate of drug-likeness (QED) is 0.479. The topological polar surface area (TPSA) is 62.5 Å². The molecule has 0 spiro atoms. The van der Waals surface area contributed by atoms with Gasteiger partial charge in [0.05, 0.1) is 22.3 Å². The molecule has 4 aromatic rings. The van der Waals surface area contributed by atoms with Gasteiger partial charge in [0.15, 0.2) is 0 Å². The minimum atomic E-state index is 0.0172. The van der Waals surface area contributed by atoms with Crippen molar-refractivity contribution in [2.24, 2.45) is 0 Å². The minimum Gasteiger partial charge on any atom is -0.336 e. The molecule has 6 heteroatoms. The molecule has 0 bridgehead atoms. The number of nitrogens with zero attached hydrogens (tertiary/aromatic N) is 4. The fourth-order valence-corrected chi connectivity index (χ4v) is 4.30. The lowest BCUT2D eigenvalue weighted by atomic mass is 10.0. The van der Waals surface area contributed by atoms with Crippen LogP contribution in [0.4, 0.5) is 0 Å². The maximum Gasteiger partial charge on any atom is 0.259 e. The van der Waals surface area contributed by atoms with Crippen molar-refractivity contribution in [3.63, 3.8) is 0 Å². The Bertz CT molecular complexity index is 1210. The van der Waals surface area contributed by atoms with Crippen LogP contribution in [-0.2, 0) is 6.42 Å². The van der Waals surface area contributed by atoms with E-state index >= 15 is 0 Å². The number of fused-ring (bicyclic) bond motifs is 1. The van der Waals surface area contributed by atoms with E-state index in [4.69, 9.17) is 4.52 Å². The average molecular weight is 427 g/mol. The maximum atomic E-state index is 13.5. The van der Waals surface area contributed by atoms with E-state index in [9.17, 15) is 4.79 Å². The van der Waals surface area contributed by atoms with Crippen molar-refractivity contribution in [1.82, 2.24) is 19.9 Å². The molecule has 3 heterocycles. The lowest BCUT2D eigenvalue weighted by Crippen LogP contribution is -2.49. The number of rotatable bonds is 5. The molecule has 1 aliphatic heterocycles. The number of benzene rings is 2. The van der Waals surface area contributed by atoms with Crippen LogP contribution in [-0.4, -0.2) is 58.6 Å². The summed E-state index contributed by atoms with van der Waals surface area (Å²) in [4.78, 5) is 22.5. The van der Waals surface area contributed by atoms with E-state index in [2.05, 4.69) is 39.3 Å². The first-order valence-electron chi connectivity index (χ1n) is 11.1.